The van der Waals surface area contributed by atoms with E-state index in [1.807, 2.05) is 0 Å². The second kappa shape index (κ2) is 4.92. The van der Waals surface area contributed by atoms with Crippen LogP contribution in [0.3, 0.4) is 0 Å². The fourth-order valence-electron chi connectivity index (χ4n) is 3.13. The quantitative estimate of drug-likeness (QED) is 0.274. The minimum Gasteiger partial charge on any atom is -0.480 e. The molecular formula is C14H14N4O4. The van der Waals surface area contributed by atoms with E-state index in [9.17, 15) is 19.5 Å². The minimum atomic E-state index is -1.16. The van der Waals surface area contributed by atoms with E-state index in [4.69, 9.17) is 11.1 Å². The summed E-state index contributed by atoms with van der Waals surface area (Å²) in [6.07, 6.45) is 0. The lowest BCUT2D eigenvalue weighted by Crippen LogP contribution is -2.41. The Balaban J connectivity index is 1.96. The van der Waals surface area contributed by atoms with Gasteiger partial charge in [0, 0.05) is 11.6 Å². The Hall–Kier alpha value is -2.74. The summed E-state index contributed by atoms with van der Waals surface area (Å²) in [5.41, 5.74) is 6.59. The number of imide groups is 1. The fourth-order valence-corrected chi connectivity index (χ4v) is 3.13. The third-order valence-corrected chi connectivity index (χ3v) is 4.16. The van der Waals surface area contributed by atoms with Crippen LogP contribution in [0.1, 0.15) is 17.2 Å². The molecule has 1 aromatic carbocycles. The van der Waals surface area contributed by atoms with Crippen molar-refractivity contribution in [3.63, 3.8) is 0 Å². The van der Waals surface area contributed by atoms with E-state index >= 15 is 0 Å². The van der Waals surface area contributed by atoms with Gasteiger partial charge in [-0.25, -0.2) is 0 Å². The molecule has 4 unspecified atom stereocenters. The van der Waals surface area contributed by atoms with Crippen molar-refractivity contribution in [2.45, 2.75) is 12.1 Å². The number of carboxylic acid groups (broad SMARTS) is 1. The fraction of sp³-hybridized carbons (Fsp3) is 0.286. The summed E-state index contributed by atoms with van der Waals surface area (Å²) in [5.74, 6) is -3.94. The highest BCUT2D eigenvalue weighted by Gasteiger charge is 2.57. The lowest BCUT2D eigenvalue weighted by atomic mass is 9.86. The van der Waals surface area contributed by atoms with Gasteiger partial charge in [-0.2, -0.15) is 0 Å². The van der Waals surface area contributed by atoms with E-state index in [1.165, 1.54) is 0 Å². The third kappa shape index (κ3) is 2.04. The van der Waals surface area contributed by atoms with Gasteiger partial charge in [0.25, 0.3) is 0 Å². The van der Waals surface area contributed by atoms with Crippen LogP contribution in [0.4, 0.5) is 0 Å². The van der Waals surface area contributed by atoms with Gasteiger partial charge in [0.1, 0.15) is 11.9 Å². The number of carboxylic acids is 1. The third-order valence-electron chi connectivity index (χ3n) is 4.16. The average Bonchev–Trinajstić information content (AvgIpc) is 2.99. The number of nitrogens with two attached hydrogens (primary N) is 1. The lowest BCUT2D eigenvalue weighted by Gasteiger charge is -2.17. The molecule has 2 aliphatic heterocycles. The van der Waals surface area contributed by atoms with Gasteiger partial charge < -0.3 is 10.8 Å². The van der Waals surface area contributed by atoms with Gasteiger partial charge >= 0.3 is 5.97 Å². The number of carbonyl (C=O) groups excluding carboxylic acids is 2. The highest BCUT2D eigenvalue weighted by atomic mass is 16.4. The first-order chi connectivity index (χ1) is 10.4. The van der Waals surface area contributed by atoms with Crippen LogP contribution in [-0.2, 0) is 14.4 Å². The van der Waals surface area contributed by atoms with E-state index in [-0.39, 0.29) is 5.84 Å². The van der Waals surface area contributed by atoms with Crippen molar-refractivity contribution >= 4 is 23.6 Å². The number of rotatable bonds is 3. The van der Waals surface area contributed by atoms with Gasteiger partial charge in [-0.05, 0) is 5.56 Å². The van der Waals surface area contributed by atoms with Crippen LogP contribution in [0.25, 0.3) is 0 Å². The Bertz CT molecular complexity index is 685. The van der Waals surface area contributed by atoms with Crippen molar-refractivity contribution in [1.29, 1.82) is 5.41 Å². The number of fused-ring (bicyclic) bond motifs is 1. The number of carbonyl (C=O) groups is 3. The van der Waals surface area contributed by atoms with Crippen LogP contribution in [-0.4, -0.2) is 34.8 Å². The first kappa shape index (κ1) is 14.2. The molecule has 22 heavy (non-hydrogen) atoms. The summed E-state index contributed by atoms with van der Waals surface area (Å²) in [4.78, 5) is 35.1. The molecule has 2 aliphatic rings. The Morgan fingerprint density at radius 3 is 2.27 bits per heavy atom. The van der Waals surface area contributed by atoms with Crippen LogP contribution in [0.15, 0.2) is 24.3 Å². The van der Waals surface area contributed by atoms with Crippen LogP contribution >= 0.6 is 0 Å². The molecule has 0 saturated carbocycles. The minimum absolute atomic E-state index is 0.0824. The van der Waals surface area contributed by atoms with Crippen molar-refractivity contribution < 1.29 is 19.5 Å². The highest BCUT2D eigenvalue weighted by Crippen LogP contribution is 2.40. The van der Waals surface area contributed by atoms with Gasteiger partial charge in [0.05, 0.1) is 11.8 Å². The van der Waals surface area contributed by atoms with E-state index in [1.54, 1.807) is 24.3 Å². The Labute approximate surface area is 125 Å². The Morgan fingerprint density at radius 2 is 1.73 bits per heavy atom. The van der Waals surface area contributed by atoms with Gasteiger partial charge in [0.15, 0.2) is 0 Å². The molecule has 0 spiro atoms. The molecule has 0 radical (unpaired) electrons. The van der Waals surface area contributed by atoms with Gasteiger partial charge in [-0.15, -0.1) is 0 Å². The SMILES string of the molecule is N=C(N)c1ccc(C2NC(C(=O)O)C3C(=O)NC(=O)C23)cc1. The highest BCUT2D eigenvalue weighted by molar-refractivity contribution is 6.08. The molecule has 2 heterocycles. The second-order valence-electron chi connectivity index (χ2n) is 5.40. The summed E-state index contributed by atoms with van der Waals surface area (Å²) in [6.45, 7) is 0. The number of nitrogen functional groups attached to an aromatic ring is 1. The predicted octanol–water partition coefficient (Wildman–Crippen LogP) is -1.04. The Kier molecular flexibility index (Phi) is 3.18. The van der Waals surface area contributed by atoms with Crippen molar-refractivity contribution in [2.24, 2.45) is 17.6 Å². The van der Waals surface area contributed by atoms with Crippen molar-refractivity contribution in [2.75, 3.05) is 0 Å². The molecule has 0 aromatic heterocycles. The second-order valence-corrected chi connectivity index (χ2v) is 5.40. The van der Waals surface area contributed by atoms with Crippen LogP contribution in [0.2, 0.25) is 0 Å². The standard InChI is InChI=1S/C14H14N4O4/c15-11(16)6-3-1-5(2-4-6)9-7-8(10(17-9)14(21)22)13(20)18-12(7)19/h1-4,7-10,17H,(H3,15,16)(H,21,22)(H,18,19,20). The number of amidine groups is 1. The number of nitrogens with one attached hydrogen (secondary N) is 3. The zero-order chi connectivity index (χ0) is 16.0. The maximum atomic E-state index is 12.0. The number of benzene rings is 1. The first-order valence-electron chi connectivity index (χ1n) is 6.68. The van der Waals surface area contributed by atoms with E-state index < -0.39 is 41.7 Å². The molecule has 8 heteroatoms. The van der Waals surface area contributed by atoms with Gasteiger partial charge in [-0.3, -0.25) is 30.4 Å². The van der Waals surface area contributed by atoms with Crippen molar-refractivity contribution in [1.82, 2.24) is 10.6 Å². The maximum Gasteiger partial charge on any atom is 0.321 e. The summed E-state index contributed by atoms with van der Waals surface area (Å²) >= 11 is 0. The van der Waals surface area contributed by atoms with Gasteiger partial charge in [0.2, 0.25) is 11.8 Å². The molecule has 4 atom stereocenters. The lowest BCUT2D eigenvalue weighted by molar-refractivity contribution is -0.142. The van der Waals surface area contributed by atoms with E-state index in [0.29, 0.717) is 11.1 Å². The average molecular weight is 302 g/mol. The molecule has 2 amide bonds. The zero-order valence-corrected chi connectivity index (χ0v) is 11.4. The van der Waals surface area contributed by atoms with E-state index in [2.05, 4.69) is 10.6 Å². The summed E-state index contributed by atoms with van der Waals surface area (Å²) in [7, 11) is 0. The largest absolute Gasteiger partial charge is 0.480 e. The van der Waals surface area contributed by atoms with Crippen LogP contribution in [0.5, 0.6) is 0 Å². The molecule has 2 saturated heterocycles. The monoisotopic (exact) mass is 302 g/mol. The summed E-state index contributed by atoms with van der Waals surface area (Å²) in [6, 6.07) is 4.92. The van der Waals surface area contributed by atoms with Crippen molar-refractivity contribution in [3.05, 3.63) is 35.4 Å². The van der Waals surface area contributed by atoms with Gasteiger partial charge in [-0.1, -0.05) is 24.3 Å². The zero-order valence-electron chi connectivity index (χ0n) is 11.4. The number of amides is 2. The normalized spacial score (nSPS) is 30.0. The molecule has 2 fully saturated rings. The molecule has 0 bridgehead atoms. The van der Waals surface area contributed by atoms with Crippen molar-refractivity contribution in [3.8, 4) is 0 Å². The molecule has 3 rings (SSSR count). The summed E-state index contributed by atoms with van der Waals surface area (Å²) < 4.78 is 0. The predicted molar refractivity (Wildman–Crippen MR) is 74.9 cm³/mol. The molecule has 1 aromatic rings. The number of aliphatic carboxylic acids is 1. The first-order valence-corrected chi connectivity index (χ1v) is 6.68. The topological polar surface area (TPSA) is 145 Å². The molecule has 6 N–H and O–H groups in total. The summed E-state index contributed by atoms with van der Waals surface area (Å²) in [5, 5.41) is 21.7. The molecular weight excluding hydrogens is 288 g/mol. The Morgan fingerprint density at radius 1 is 1.14 bits per heavy atom. The molecule has 114 valence electrons. The molecule has 8 nitrogen and oxygen atoms in total. The van der Waals surface area contributed by atoms with Crippen LogP contribution in [0, 0.1) is 17.2 Å². The van der Waals surface area contributed by atoms with E-state index in [0.717, 1.165) is 0 Å². The number of hydrogen-bond donors (Lipinski definition) is 5. The van der Waals surface area contributed by atoms with Crippen LogP contribution < -0.4 is 16.4 Å². The smallest absolute Gasteiger partial charge is 0.321 e. The molecule has 0 aliphatic carbocycles. The maximum absolute atomic E-state index is 12.0. The number of hydrogen-bond acceptors (Lipinski definition) is 5.